The SMILES string of the molecule is CCC[Si](CCC1CC2C=CC1C2)(OCC)OCC. The first-order chi connectivity index (χ1) is 9.23. The molecule has 0 aromatic rings. The van der Waals surface area contributed by atoms with Gasteiger partial charge in [0.15, 0.2) is 0 Å². The second-order valence-corrected chi connectivity index (χ2v) is 9.50. The Hall–Kier alpha value is -0.123. The number of allylic oxidation sites excluding steroid dienone is 2. The summed E-state index contributed by atoms with van der Waals surface area (Å²) < 4.78 is 12.3. The van der Waals surface area contributed by atoms with Gasteiger partial charge < -0.3 is 8.85 Å². The summed E-state index contributed by atoms with van der Waals surface area (Å²) in [5.74, 6) is 2.65. The van der Waals surface area contributed by atoms with E-state index in [0.717, 1.165) is 37.0 Å². The van der Waals surface area contributed by atoms with E-state index < -0.39 is 8.56 Å². The highest BCUT2D eigenvalue weighted by Gasteiger charge is 2.40. The van der Waals surface area contributed by atoms with Crippen LogP contribution in [-0.4, -0.2) is 21.8 Å². The molecule has 0 spiro atoms. The molecule has 2 rings (SSSR count). The Morgan fingerprint density at radius 1 is 1.00 bits per heavy atom. The molecule has 0 saturated heterocycles. The average Bonchev–Trinajstić information content (AvgIpc) is 2.99. The van der Waals surface area contributed by atoms with Crippen LogP contribution in [0.5, 0.6) is 0 Å². The molecule has 2 bridgehead atoms. The summed E-state index contributed by atoms with van der Waals surface area (Å²) in [6.07, 6.45) is 10.2. The third-order valence-corrected chi connectivity index (χ3v) is 8.70. The Balaban J connectivity index is 1.89. The van der Waals surface area contributed by atoms with Crippen molar-refractivity contribution in [3.05, 3.63) is 12.2 Å². The molecule has 0 aliphatic heterocycles. The molecule has 0 aromatic carbocycles. The van der Waals surface area contributed by atoms with Crippen molar-refractivity contribution in [3.63, 3.8) is 0 Å². The standard InChI is InChI=1S/C16H30O2Si/c1-4-10-19(17-5-2,18-6-3)11-9-16-13-14-7-8-15(16)12-14/h7-8,14-16H,4-6,9-13H2,1-3H3. The Bertz CT molecular complexity index is 286. The maximum absolute atomic E-state index is 6.15. The Morgan fingerprint density at radius 3 is 2.21 bits per heavy atom. The van der Waals surface area contributed by atoms with Gasteiger partial charge in [-0.25, -0.2) is 0 Å². The largest absolute Gasteiger partial charge is 0.394 e. The van der Waals surface area contributed by atoms with Crippen LogP contribution in [0.15, 0.2) is 12.2 Å². The number of hydrogen-bond acceptors (Lipinski definition) is 2. The van der Waals surface area contributed by atoms with Crippen molar-refractivity contribution >= 4 is 8.56 Å². The lowest BCUT2D eigenvalue weighted by atomic mass is 9.91. The zero-order chi connectivity index (χ0) is 13.7. The minimum Gasteiger partial charge on any atom is -0.394 e. The molecule has 19 heavy (non-hydrogen) atoms. The van der Waals surface area contributed by atoms with E-state index in [-0.39, 0.29) is 0 Å². The Morgan fingerprint density at radius 2 is 1.74 bits per heavy atom. The average molecular weight is 282 g/mol. The van der Waals surface area contributed by atoms with Crippen LogP contribution in [0, 0.1) is 17.8 Å². The summed E-state index contributed by atoms with van der Waals surface area (Å²) >= 11 is 0. The Kier molecular flexibility index (Phi) is 5.66. The van der Waals surface area contributed by atoms with E-state index >= 15 is 0 Å². The maximum atomic E-state index is 6.15. The van der Waals surface area contributed by atoms with Crippen LogP contribution in [-0.2, 0) is 8.85 Å². The third kappa shape index (κ3) is 3.70. The molecule has 0 amide bonds. The van der Waals surface area contributed by atoms with Gasteiger partial charge in [0, 0.05) is 13.2 Å². The quantitative estimate of drug-likeness (QED) is 0.457. The van der Waals surface area contributed by atoms with Gasteiger partial charge in [-0.3, -0.25) is 0 Å². The molecule has 2 aliphatic carbocycles. The van der Waals surface area contributed by atoms with Gasteiger partial charge in [0.25, 0.3) is 0 Å². The molecule has 0 radical (unpaired) electrons. The van der Waals surface area contributed by atoms with Crippen molar-refractivity contribution in [1.29, 1.82) is 0 Å². The fourth-order valence-electron chi connectivity index (χ4n) is 3.99. The first-order valence-corrected chi connectivity index (χ1v) is 10.4. The van der Waals surface area contributed by atoms with Crippen LogP contribution in [0.4, 0.5) is 0 Å². The highest BCUT2D eigenvalue weighted by molar-refractivity contribution is 6.67. The van der Waals surface area contributed by atoms with E-state index in [0.29, 0.717) is 0 Å². The van der Waals surface area contributed by atoms with Crippen molar-refractivity contribution in [3.8, 4) is 0 Å². The van der Waals surface area contributed by atoms with Gasteiger partial charge in [-0.15, -0.1) is 0 Å². The first kappa shape index (κ1) is 15.3. The van der Waals surface area contributed by atoms with E-state index in [1.807, 2.05) is 0 Å². The molecule has 1 fully saturated rings. The van der Waals surface area contributed by atoms with E-state index in [4.69, 9.17) is 8.85 Å². The summed E-state index contributed by atoms with van der Waals surface area (Å²) in [6.45, 7) is 8.08. The molecule has 3 atom stereocenters. The van der Waals surface area contributed by atoms with Crippen molar-refractivity contribution in [2.75, 3.05) is 13.2 Å². The van der Waals surface area contributed by atoms with Gasteiger partial charge in [0.1, 0.15) is 0 Å². The minimum atomic E-state index is -1.91. The fourth-order valence-corrected chi connectivity index (χ4v) is 7.53. The van der Waals surface area contributed by atoms with E-state index in [9.17, 15) is 0 Å². The zero-order valence-electron chi connectivity index (χ0n) is 12.9. The zero-order valence-corrected chi connectivity index (χ0v) is 13.9. The smallest absolute Gasteiger partial charge is 0.338 e. The first-order valence-electron chi connectivity index (χ1n) is 8.19. The van der Waals surface area contributed by atoms with E-state index in [1.54, 1.807) is 0 Å². The molecule has 1 saturated carbocycles. The van der Waals surface area contributed by atoms with Gasteiger partial charge in [0.2, 0.25) is 0 Å². The summed E-state index contributed by atoms with van der Waals surface area (Å²) in [7, 11) is -1.91. The van der Waals surface area contributed by atoms with Crippen molar-refractivity contribution in [2.24, 2.45) is 17.8 Å². The lowest BCUT2D eigenvalue weighted by molar-refractivity contribution is 0.178. The lowest BCUT2D eigenvalue weighted by Crippen LogP contribution is -2.42. The molecule has 0 heterocycles. The summed E-state index contributed by atoms with van der Waals surface area (Å²) in [4.78, 5) is 0. The van der Waals surface area contributed by atoms with Gasteiger partial charge in [-0.1, -0.05) is 25.5 Å². The normalized spacial score (nSPS) is 29.3. The monoisotopic (exact) mass is 282 g/mol. The predicted octanol–water partition coefficient (Wildman–Crippen LogP) is 4.51. The van der Waals surface area contributed by atoms with Crippen LogP contribution in [0.1, 0.15) is 46.5 Å². The summed E-state index contributed by atoms with van der Waals surface area (Å²) in [5.41, 5.74) is 0. The van der Waals surface area contributed by atoms with Crippen LogP contribution in [0.3, 0.4) is 0 Å². The van der Waals surface area contributed by atoms with Gasteiger partial charge in [0.05, 0.1) is 0 Å². The molecular weight excluding hydrogens is 252 g/mol. The second-order valence-electron chi connectivity index (χ2n) is 6.11. The van der Waals surface area contributed by atoms with Crippen molar-refractivity contribution in [2.45, 2.75) is 58.5 Å². The van der Waals surface area contributed by atoms with E-state index in [2.05, 4.69) is 32.9 Å². The number of hydrogen-bond donors (Lipinski definition) is 0. The molecule has 0 aromatic heterocycles. The molecule has 3 heteroatoms. The fraction of sp³-hybridized carbons (Fsp3) is 0.875. The summed E-state index contributed by atoms with van der Waals surface area (Å²) in [6, 6.07) is 2.36. The predicted molar refractivity (Wildman–Crippen MR) is 82.4 cm³/mol. The number of fused-ring (bicyclic) bond motifs is 2. The van der Waals surface area contributed by atoms with Crippen LogP contribution >= 0.6 is 0 Å². The highest BCUT2D eigenvalue weighted by Crippen LogP contribution is 2.46. The van der Waals surface area contributed by atoms with Crippen LogP contribution in [0.25, 0.3) is 0 Å². The molecule has 3 unspecified atom stereocenters. The molecular formula is C16H30O2Si. The van der Waals surface area contributed by atoms with E-state index in [1.165, 1.54) is 31.7 Å². The molecule has 110 valence electrons. The Labute approximate surface area is 119 Å². The topological polar surface area (TPSA) is 18.5 Å². The summed E-state index contributed by atoms with van der Waals surface area (Å²) in [5, 5.41) is 0. The lowest BCUT2D eigenvalue weighted by Gasteiger charge is -2.31. The molecule has 2 nitrogen and oxygen atoms in total. The highest BCUT2D eigenvalue weighted by atomic mass is 28.4. The molecule has 2 aliphatic rings. The van der Waals surface area contributed by atoms with Gasteiger partial charge >= 0.3 is 8.56 Å². The molecule has 0 N–H and O–H groups in total. The second kappa shape index (κ2) is 7.05. The van der Waals surface area contributed by atoms with Crippen molar-refractivity contribution < 1.29 is 8.85 Å². The van der Waals surface area contributed by atoms with Crippen molar-refractivity contribution in [1.82, 2.24) is 0 Å². The minimum absolute atomic E-state index is 0.808. The number of rotatable bonds is 9. The maximum Gasteiger partial charge on any atom is 0.338 e. The van der Waals surface area contributed by atoms with Crippen LogP contribution in [0.2, 0.25) is 12.1 Å². The van der Waals surface area contributed by atoms with Gasteiger partial charge in [-0.05, 0) is 63.0 Å². The van der Waals surface area contributed by atoms with Gasteiger partial charge in [-0.2, -0.15) is 0 Å². The third-order valence-electron chi connectivity index (χ3n) is 4.76. The van der Waals surface area contributed by atoms with Crippen LogP contribution < -0.4 is 0 Å².